The van der Waals surface area contributed by atoms with Crippen LogP contribution in [0, 0.1) is 5.82 Å². The molecule has 2 N–H and O–H groups in total. The molecule has 0 atom stereocenters. The second-order valence-electron chi connectivity index (χ2n) is 6.98. The maximum atomic E-state index is 12.9. The number of carbonyl (C=O) groups excluding carboxylic acids is 1. The van der Waals surface area contributed by atoms with Gasteiger partial charge in [-0.15, -0.1) is 10.2 Å². The standard InChI is InChI=1S/C22H22FN5O/c23-17-5-3-16(4-6-17)15-24-22(29)20-11-12-21(27-26-20)25-18-7-9-19(10-8-18)28-13-1-2-14-28/h3-12H,1-2,13-15H2,(H,24,29)(H,25,27). The van der Waals surface area contributed by atoms with E-state index in [2.05, 4.69) is 37.9 Å². The molecule has 2 aromatic carbocycles. The highest BCUT2D eigenvalue weighted by Crippen LogP contribution is 2.23. The Balaban J connectivity index is 1.32. The minimum absolute atomic E-state index is 0.224. The number of anilines is 3. The van der Waals surface area contributed by atoms with Gasteiger partial charge in [0.1, 0.15) is 5.82 Å². The molecule has 7 heteroatoms. The fraction of sp³-hybridized carbons (Fsp3) is 0.227. The fourth-order valence-corrected chi connectivity index (χ4v) is 3.27. The van der Waals surface area contributed by atoms with Crippen molar-refractivity contribution >= 4 is 23.1 Å². The molecule has 0 radical (unpaired) electrons. The van der Waals surface area contributed by atoms with Crippen molar-refractivity contribution in [3.63, 3.8) is 0 Å². The topological polar surface area (TPSA) is 70.2 Å². The van der Waals surface area contributed by atoms with Crippen molar-refractivity contribution in [3.05, 3.63) is 77.7 Å². The number of rotatable bonds is 6. The summed E-state index contributed by atoms with van der Waals surface area (Å²) in [6.07, 6.45) is 2.50. The first-order chi connectivity index (χ1) is 14.2. The van der Waals surface area contributed by atoms with Crippen LogP contribution in [-0.2, 0) is 6.54 Å². The smallest absolute Gasteiger partial charge is 0.272 e. The van der Waals surface area contributed by atoms with Crippen molar-refractivity contribution in [1.82, 2.24) is 15.5 Å². The van der Waals surface area contributed by atoms with Crippen LogP contribution in [0.5, 0.6) is 0 Å². The van der Waals surface area contributed by atoms with Gasteiger partial charge in [-0.2, -0.15) is 0 Å². The highest BCUT2D eigenvalue weighted by Gasteiger charge is 2.12. The van der Waals surface area contributed by atoms with Crippen molar-refractivity contribution in [1.29, 1.82) is 0 Å². The Hall–Kier alpha value is -3.48. The molecular formula is C22H22FN5O. The van der Waals surface area contributed by atoms with Crippen molar-refractivity contribution in [2.75, 3.05) is 23.3 Å². The summed E-state index contributed by atoms with van der Waals surface area (Å²) in [6.45, 7) is 2.52. The number of hydrogen-bond acceptors (Lipinski definition) is 5. The van der Waals surface area contributed by atoms with Crippen LogP contribution in [0.1, 0.15) is 28.9 Å². The summed E-state index contributed by atoms with van der Waals surface area (Å²) in [6, 6.07) is 17.5. The maximum absolute atomic E-state index is 12.9. The van der Waals surface area contributed by atoms with E-state index < -0.39 is 0 Å². The zero-order valence-electron chi connectivity index (χ0n) is 15.9. The van der Waals surface area contributed by atoms with Gasteiger partial charge in [-0.25, -0.2) is 4.39 Å². The van der Waals surface area contributed by atoms with E-state index in [0.717, 1.165) is 24.3 Å². The molecule has 1 aromatic heterocycles. The predicted molar refractivity (Wildman–Crippen MR) is 111 cm³/mol. The second-order valence-corrected chi connectivity index (χ2v) is 6.98. The monoisotopic (exact) mass is 391 g/mol. The Morgan fingerprint density at radius 3 is 2.31 bits per heavy atom. The molecule has 0 bridgehead atoms. The molecule has 4 rings (SSSR count). The van der Waals surface area contributed by atoms with Crippen molar-refractivity contribution in [3.8, 4) is 0 Å². The first-order valence-corrected chi connectivity index (χ1v) is 9.66. The van der Waals surface area contributed by atoms with Gasteiger partial charge in [-0.05, 0) is 66.9 Å². The van der Waals surface area contributed by atoms with Crippen molar-refractivity contribution in [2.24, 2.45) is 0 Å². The van der Waals surface area contributed by atoms with Gasteiger partial charge >= 0.3 is 0 Å². The normalized spacial score (nSPS) is 13.3. The van der Waals surface area contributed by atoms with Crippen LogP contribution >= 0.6 is 0 Å². The number of halogens is 1. The van der Waals surface area contributed by atoms with Gasteiger partial charge < -0.3 is 15.5 Å². The van der Waals surface area contributed by atoms with Crippen molar-refractivity contribution in [2.45, 2.75) is 19.4 Å². The third kappa shape index (κ3) is 4.87. The summed E-state index contributed by atoms with van der Waals surface area (Å²) < 4.78 is 12.9. The Bertz CT molecular complexity index is 952. The van der Waals surface area contributed by atoms with Crippen LogP contribution in [-0.4, -0.2) is 29.2 Å². The number of benzene rings is 2. The van der Waals surface area contributed by atoms with Crippen LogP contribution in [0.2, 0.25) is 0 Å². The Labute approximate surface area is 168 Å². The molecule has 3 aromatic rings. The highest BCUT2D eigenvalue weighted by atomic mass is 19.1. The molecule has 1 amide bonds. The summed E-state index contributed by atoms with van der Waals surface area (Å²) in [7, 11) is 0. The van der Waals surface area contributed by atoms with E-state index in [4.69, 9.17) is 0 Å². The maximum Gasteiger partial charge on any atom is 0.272 e. The minimum atomic E-state index is -0.330. The van der Waals surface area contributed by atoms with E-state index in [1.165, 1.54) is 30.7 Å². The summed E-state index contributed by atoms with van der Waals surface area (Å²) in [5.41, 5.74) is 3.17. The second kappa shape index (κ2) is 8.68. The lowest BCUT2D eigenvalue weighted by molar-refractivity contribution is 0.0945. The van der Waals surface area contributed by atoms with Gasteiger partial charge in [0.05, 0.1) is 0 Å². The molecule has 148 valence electrons. The minimum Gasteiger partial charge on any atom is -0.372 e. The molecule has 0 saturated carbocycles. The number of nitrogens with one attached hydrogen (secondary N) is 2. The number of carbonyl (C=O) groups is 1. The third-order valence-corrected chi connectivity index (χ3v) is 4.87. The van der Waals surface area contributed by atoms with Gasteiger partial charge in [0.25, 0.3) is 5.91 Å². The fourth-order valence-electron chi connectivity index (χ4n) is 3.27. The Kier molecular flexibility index (Phi) is 5.65. The van der Waals surface area contributed by atoms with Crippen LogP contribution in [0.3, 0.4) is 0 Å². The number of hydrogen-bond donors (Lipinski definition) is 2. The molecule has 29 heavy (non-hydrogen) atoms. The van der Waals surface area contributed by atoms with E-state index in [-0.39, 0.29) is 17.4 Å². The van der Waals surface area contributed by atoms with Crippen LogP contribution in [0.25, 0.3) is 0 Å². The van der Waals surface area contributed by atoms with Crippen LogP contribution < -0.4 is 15.5 Å². The summed E-state index contributed by atoms with van der Waals surface area (Å²) in [5, 5.41) is 14.0. The molecule has 0 aliphatic carbocycles. The molecule has 1 saturated heterocycles. The highest BCUT2D eigenvalue weighted by molar-refractivity contribution is 5.92. The largest absolute Gasteiger partial charge is 0.372 e. The lowest BCUT2D eigenvalue weighted by Crippen LogP contribution is -2.24. The van der Waals surface area contributed by atoms with Crippen molar-refractivity contribution < 1.29 is 9.18 Å². The molecule has 6 nitrogen and oxygen atoms in total. The van der Waals surface area contributed by atoms with E-state index in [1.54, 1.807) is 24.3 Å². The van der Waals surface area contributed by atoms with E-state index in [9.17, 15) is 9.18 Å². The molecular weight excluding hydrogens is 369 g/mol. The first-order valence-electron chi connectivity index (χ1n) is 9.66. The quantitative estimate of drug-likeness (QED) is 0.667. The molecule has 1 aliphatic heterocycles. The molecule has 1 aliphatic rings. The average molecular weight is 391 g/mol. The molecule has 0 unspecified atom stereocenters. The number of aromatic nitrogens is 2. The summed E-state index contributed by atoms with van der Waals surface area (Å²) in [4.78, 5) is 14.6. The van der Waals surface area contributed by atoms with Crippen LogP contribution in [0.4, 0.5) is 21.6 Å². The predicted octanol–water partition coefficient (Wildman–Crippen LogP) is 3.89. The molecule has 1 fully saturated rings. The molecule has 0 spiro atoms. The van der Waals surface area contributed by atoms with Gasteiger partial charge in [-0.1, -0.05) is 12.1 Å². The van der Waals surface area contributed by atoms with Gasteiger partial charge in [0.2, 0.25) is 0 Å². The van der Waals surface area contributed by atoms with Gasteiger partial charge in [-0.3, -0.25) is 4.79 Å². The van der Waals surface area contributed by atoms with E-state index in [0.29, 0.717) is 12.4 Å². The Morgan fingerprint density at radius 1 is 0.931 bits per heavy atom. The average Bonchev–Trinajstić information content (AvgIpc) is 3.29. The van der Waals surface area contributed by atoms with Gasteiger partial charge in [0.15, 0.2) is 11.5 Å². The molecule has 2 heterocycles. The number of nitrogens with zero attached hydrogens (tertiary/aromatic N) is 3. The van der Waals surface area contributed by atoms with E-state index in [1.807, 2.05) is 12.1 Å². The Morgan fingerprint density at radius 2 is 1.66 bits per heavy atom. The number of amides is 1. The van der Waals surface area contributed by atoms with Gasteiger partial charge in [0, 0.05) is 31.0 Å². The zero-order chi connectivity index (χ0) is 20.1. The third-order valence-electron chi connectivity index (χ3n) is 4.87. The zero-order valence-corrected chi connectivity index (χ0v) is 15.9. The first kappa shape index (κ1) is 18.9. The SMILES string of the molecule is O=C(NCc1ccc(F)cc1)c1ccc(Nc2ccc(N3CCCC3)cc2)nn1. The van der Waals surface area contributed by atoms with E-state index >= 15 is 0 Å². The summed E-state index contributed by atoms with van der Waals surface area (Å²) in [5.74, 6) is -0.0722. The summed E-state index contributed by atoms with van der Waals surface area (Å²) >= 11 is 0. The van der Waals surface area contributed by atoms with Crippen LogP contribution in [0.15, 0.2) is 60.7 Å². The lowest BCUT2D eigenvalue weighted by Gasteiger charge is -2.17. The lowest BCUT2D eigenvalue weighted by atomic mass is 10.2.